The van der Waals surface area contributed by atoms with Crippen LogP contribution in [0.3, 0.4) is 0 Å². The highest BCUT2D eigenvalue weighted by Gasteiger charge is 2.19. The van der Waals surface area contributed by atoms with E-state index in [2.05, 4.69) is 10.6 Å². The molecule has 0 aliphatic carbocycles. The lowest BCUT2D eigenvalue weighted by atomic mass is 10.2. The van der Waals surface area contributed by atoms with E-state index < -0.39 is 4.92 Å². The minimum absolute atomic E-state index is 0.0500. The lowest BCUT2D eigenvalue weighted by Crippen LogP contribution is -2.01. The zero-order valence-electron chi connectivity index (χ0n) is 10.5. The Balaban J connectivity index is 2.48. The van der Waals surface area contributed by atoms with Crippen LogP contribution in [0.5, 0.6) is 0 Å². The number of nitro groups is 1. The Morgan fingerprint density at radius 1 is 1.05 bits per heavy atom. The number of nitrogens with one attached hydrogen (secondary N) is 2. The molecule has 104 valence electrons. The van der Waals surface area contributed by atoms with Crippen molar-refractivity contribution in [2.24, 2.45) is 0 Å². The first-order valence-corrected chi connectivity index (χ1v) is 6.46. The lowest BCUT2D eigenvalue weighted by Gasteiger charge is -2.11. The first kappa shape index (κ1) is 14.4. The summed E-state index contributed by atoms with van der Waals surface area (Å²) in [6, 6.07) is 10.0. The smallest absolute Gasteiger partial charge is 0.315 e. The predicted molar refractivity (Wildman–Crippen MR) is 82.4 cm³/mol. The van der Waals surface area contributed by atoms with Gasteiger partial charge in [-0.25, -0.2) is 0 Å². The molecule has 2 aromatic rings. The van der Waals surface area contributed by atoms with Crippen molar-refractivity contribution in [2.45, 2.75) is 0 Å². The van der Waals surface area contributed by atoms with E-state index in [0.29, 0.717) is 27.1 Å². The average molecular weight is 312 g/mol. The zero-order chi connectivity index (χ0) is 14.7. The summed E-state index contributed by atoms with van der Waals surface area (Å²) >= 11 is 12.0. The van der Waals surface area contributed by atoms with Crippen molar-refractivity contribution in [2.75, 3.05) is 17.7 Å². The molecule has 2 N–H and O–H groups in total. The molecule has 0 bridgehead atoms. The summed E-state index contributed by atoms with van der Waals surface area (Å²) in [5.41, 5.74) is 1.21. The molecule has 20 heavy (non-hydrogen) atoms. The molecule has 0 fully saturated rings. The monoisotopic (exact) mass is 311 g/mol. The molecule has 0 amide bonds. The Morgan fingerprint density at radius 3 is 2.30 bits per heavy atom. The van der Waals surface area contributed by atoms with E-state index >= 15 is 0 Å². The van der Waals surface area contributed by atoms with E-state index in [1.165, 1.54) is 0 Å². The fraction of sp³-hybridized carbons (Fsp3) is 0.0769. The third kappa shape index (κ3) is 2.79. The number of anilines is 3. The van der Waals surface area contributed by atoms with Gasteiger partial charge in [-0.15, -0.1) is 0 Å². The van der Waals surface area contributed by atoms with Crippen molar-refractivity contribution in [1.82, 2.24) is 0 Å². The van der Waals surface area contributed by atoms with Crippen molar-refractivity contribution in [3.63, 3.8) is 0 Å². The van der Waals surface area contributed by atoms with Crippen LogP contribution >= 0.6 is 23.2 Å². The summed E-state index contributed by atoms with van der Waals surface area (Å²) in [6.45, 7) is 0. The van der Waals surface area contributed by atoms with Crippen LogP contribution in [-0.4, -0.2) is 12.0 Å². The molecule has 0 aliphatic heterocycles. The quantitative estimate of drug-likeness (QED) is 0.635. The third-order valence-electron chi connectivity index (χ3n) is 2.71. The summed E-state index contributed by atoms with van der Waals surface area (Å²) < 4.78 is 0. The number of hydrogen-bond acceptors (Lipinski definition) is 4. The van der Waals surface area contributed by atoms with Crippen LogP contribution in [0.25, 0.3) is 0 Å². The van der Waals surface area contributed by atoms with Crippen LogP contribution in [0, 0.1) is 10.1 Å². The molecule has 2 rings (SSSR count). The fourth-order valence-electron chi connectivity index (χ4n) is 1.79. The van der Waals surface area contributed by atoms with Gasteiger partial charge in [0.25, 0.3) is 0 Å². The van der Waals surface area contributed by atoms with Gasteiger partial charge in [0.2, 0.25) is 0 Å². The number of hydrogen-bond donors (Lipinski definition) is 2. The van der Waals surface area contributed by atoms with E-state index in [-0.39, 0.29) is 5.69 Å². The Kier molecular flexibility index (Phi) is 4.32. The van der Waals surface area contributed by atoms with Gasteiger partial charge in [-0.05, 0) is 24.3 Å². The highest BCUT2D eigenvalue weighted by Crippen LogP contribution is 2.37. The summed E-state index contributed by atoms with van der Waals surface area (Å²) in [4.78, 5) is 10.8. The largest absolute Gasteiger partial charge is 0.382 e. The van der Waals surface area contributed by atoms with Gasteiger partial charge >= 0.3 is 5.69 Å². The second-order valence-electron chi connectivity index (χ2n) is 3.94. The number of nitro benzene ring substituents is 1. The molecule has 0 radical (unpaired) electrons. The van der Waals surface area contributed by atoms with Crippen molar-refractivity contribution in [3.8, 4) is 0 Å². The Hall–Kier alpha value is -1.98. The van der Waals surface area contributed by atoms with Crippen molar-refractivity contribution in [3.05, 3.63) is 56.6 Å². The summed E-state index contributed by atoms with van der Waals surface area (Å²) in [6.07, 6.45) is 0. The molecule has 0 aliphatic rings. The SMILES string of the molecule is CNc1cccc(Nc2cccc(Cl)c2Cl)c1[N+](=O)[O-]. The molecule has 0 saturated heterocycles. The Bertz CT molecular complexity index is 662. The van der Waals surface area contributed by atoms with Crippen LogP contribution in [-0.2, 0) is 0 Å². The average Bonchev–Trinajstić information content (AvgIpc) is 2.43. The van der Waals surface area contributed by atoms with Crippen LogP contribution in [0.4, 0.5) is 22.7 Å². The normalized spacial score (nSPS) is 10.2. The molecule has 0 unspecified atom stereocenters. The number of halogens is 2. The van der Waals surface area contributed by atoms with Gasteiger partial charge in [0.05, 0.1) is 20.7 Å². The van der Waals surface area contributed by atoms with Gasteiger partial charge in [0.15, 0.2) is 0 Å². The third-order valence-corrected chi connectivity index (χ3v) is 3.53. The van der Waals surface area contributed by atoms with Gasteiger partial charge in [0.1, 0.15) is 11.4 Å². The van der Waals surface area contributed by atoms with E-state index in [9.17, 15) is 10.1 Å². The molecule has 0 saturated carbocycles. The molecule has 7 heteroatoms. The van der Waals surface area contributed by atoms with Gasteiger partial charge in [-0.2, -0.15) is 0 Å². The summed E-state index contributed by atoms with van der Waals surface area (Å²) in [5, 5.41) is 17.6. The first-order valence-electron chi connectivity index (χ1n) is 5.70. The summed E-state index contributed by atoms with van der Waals surface area (Å²) in [7, 11) is 1.62. The second kappa shape index (κ2) is 5.98. The van der Waals surface area contributed by atoms with Gasteiger partial charge in [-0.3, -0.25) is 10.1 Å². The maximum atomic E-state index is 11.2. The van der Waals surface area contributed by atoms with Gasteiger partial charge < -0.3 is 10.6 Å². The molecule has 5 nitrogen and oxygen atoms in total. The number of para-hydroxylation sites is 1. The van der Waals surface area contributed by atoms with Crippen LogP contribution < -0.4 is 10.6 Å². The van der Waals surface area contributed by atoms with E-state index in [4.69, 9.17) is 23.2 Å². The Labute approximate surface area is 125 Å². The zero-order valence-corrected chi connectivity index (χ0v) is 12.0. The fourth-order valence-corrected chi connectivity index (χ4v) is 2.14. The molecule has 2 aromatic carbocycles. The molecule has 0 spiro atoms. The lowest BCUT2D eigenvalue weighted by molar-refractivity contribution is -0.383. The molecule has 0 aromatic heterocycles. The van der Waals surface area contributed by atoms with E-state index in [0.717, 1.165) is 0 Å². The van der Waals surface area contributed by atoms with Crippen LogP contribution in [0.1, 0.15) is 0 Å². The molecular formula is C13H11Cl2N3O2. The molecular weight excluding hydrogens is 301 g/mol. The van der Waals surface area contributed by atoms with Crippen LogP contribution in [0.2, 0.25) is 10.0 Å². The van der Waals surface area contributed by atoms with E-state index in [1.54, 1.807) is 43.4 Å². The highest BCUT2D eigenvalue weighted by molar-refractivity contribution is 6.43. The van der Waals surface area contributed by atoms with Gasteiger partial charge in [0, 0.05) is 7.05 Å². The van der Waals surface area contributed by atoms with Crippen molar-refractivity contribution < 1.29 is 4.92 Å². The Morgan fingerprint density at radius 2 is 1.65 bits per heavy atom. The van der Waals surface area contributed by atoms with Crippen LogP contribution in [0.15, 0.2) is 36.4 Å². The number of benzene rings is 2. The first-order chi connectivity index (χ1) is 9.54. The topological polar surface area (TPSA) is 67.2 Å². The van der Waals surface area contributed by atoms with Crippen molar-refractivity contribution in [1.29, 1.82) is 0 Å². The highest BCUT2D eigenvalue weighted by atomic mass is 35.5. The minimum atomic E-state index is -0.452. The maximum Gasteiger partial charge on any atom is 0.315 e. The number of nitrogens with zero attached hydrogens (tertiary/aromatic N) is 1. The predicted octanol–water partition coefficient (Wildman–Crippen LogP) is 4.69. The number of rotatable bonds is 4. The standard InChI is InChI=1S/C13H11Cl2N3O2/c1-16-10-6-3-7-11(13(10)18(19)20)17-9-5-2-4-8(14)12(9)15/h2-7,16-17H,1H3. The van der Waals surface area contributed by atoms with E-state index in [1.807, 2.05) is 0 Å². The maximum absolute atomic E-state index is 11.2. The molecule has 0 heterocycles. The second-order valence-corrected chi connectivity index (χ2v) is 4.72. The minimum Gasteiger partial charge on any atom is -0.382 e. The molecule has 0 atom stereocenters. The summed E-state index contributed by atoms with van der Waals surface area (Å²) in [5.74, 6) is 0. The van der Waals surface area contributed by atoms with Gasteiger partial charge in [-0.1, -0.05) is 35.3 Å². The van der Waals surface area contributed by atoms with Crippen molar-refractivity contribution >= 4 is 46.0 Å².